The van der Waals surface area contributed by atoms with E-state index in [1.54, 1.807) is 19.1 Å². The van der Waals surface area contributed by atoms with Crippen LogP contribution in [0.3, 0.4) is 0 Å². The zero-order chi connectivity index (χ0) is 19.1. The first kappa shape index (κ1) is 18.7. The van der Waals surface area contributed by atoms with Crippen LogP contribution in [0.2, 0.25) is 0 Å². The lowest BCUT2D eigenvalue weighted by Gasteiger charge is -2.10. The second-order valence-electron chi connectivity index (χ2n) is 6.04. The zero-order valence-electron chi connectivity index (χ0n) is 14.9. The van der Waals surface area contributed by atoms with Gasteiger partial charge in [0.15, 0.2) is 0 Å². The predicted octanol–water partition coefficient (Wildman–Crippen LogP) is 3.66. The van der Waals surface area contributed by atoms with Gasteiger partial charge in [0, 0.05) is 12.0 Å². The van der Waals surface area contributed by atoms with E-state index in [0.29, 0.717) is 24.6 Å². The van der Waals surface area contributed by atoms with Crippen molar-refractivity contribution in [2.75, 3.05) is 6.61 Å². The van der Waals surface area contributed by atoms with E-state index in [0.717, 1.165) is 5.56 Å². The lowest BCUT2D eigenvalue weighted by molar-refractivity contribution is -0.123. The van der Waals surface area contributed by atoms with Crippen molar-refractivity contribution >= 4 is 5.91 Å². The molecule has 0 fully saturated rings. The summed E-state index contributed by atoms with van der Waals surface area (Å²) in [5.74, 6) is 0.125. The fraction of sp³-hybridized carbons (Fsp3) is 0.250. The van der Waals surface area contributed by atoms with Gasteiger partial charge in [-0.1, -0.05) is 35.5 Å². The molecule has 0 spiro atoms. The van der Waals surface area contributed by atoms with Gasteiger partial charge in [-0.25, -0.2) is 4.39 Å². The summed E-state index contributed by atoms with van der Waals surface area (Å²) in [5, 5.41) is 6.66. The Bertz CT molecular complexity index is 866. The first-order chi connectivity index (χ1) is 13.1. The first-order valence-corrected chi connectivity index (χ1v) is 8.62. The molecular formula is C20H20FN3O3. The average molecular weight is 369 g/mol. The van der Waals surface area contributed by atoms with Gasteiger partial charge in [-0.2, -0.15) is 4.98 Å². The van der Waals surface area contributed by atoms with Gasteiger partial charge in [-0.05, 0) is 36.8 Å². The second kappa shape index (κ2) is 9.05. The molecule has 1 heterocycles. The quantitative estimate of drug-likeness (QED) is 0.613. The molecule has 1 amide bonds. The number of hydrogen-bond donors (Lipinski definition) is 1. The fourth-order valence-electron chi connectivity index (χ4n) is 2.43. The minimum absolute atomic E-state index is 0.169. The van der Waals surface area contributed by atoms with Crippen LogP contribution in [0.15, 0.2) is 59.1 Å². The van der Waals surface area contributed by atoms with Crippen LogP contribution in [0, 0.1) is 5.82 Å². The molecular weight excluding hydrogens is 349 g/mol. The van der Waals surface area contributed by atoms with Gasteiger partial charge in [-0.15, -0.1) is 0 Å². The van der Waals surface area contributed by atoms with Crippen molar-refractivity contribution in [1.29, 1.82) is 0 Å². The largest absolute Gasteiger partial charge is 0.376 e. The SMILES string of the molecule is C[C@@H](NC(=O)CCOCc1ccccc1)c1nc(-c2ccc(F)cc2)no1. The maximum atomic E-state index is 13.0. The fourth-order valence-corrected chi connectivity index (χ4v) is 2.43. The number of ether oxygens (including phenoxy) is 1. The number of benzene rings is 2. The molecule has 1 N–H and O–H groups in total. The molecule has 1 aromatic heterocycles. The molecule has 0 aliphatic rings. The van der Waals surface area contributed by atoms with Crippen molar-refractivity contribution in [1.82, 2.24) is 15.5 Å². The normalized spacial score (nSPS) is 11.9. The monoisotopic (exact) mass is 369 g/mol. The molecule has 0 aliphatic heterocycles. The Balaban J connectivity index is 1.45. The molecule has 0 aliphatic carbocycles. The third-order valence-corrected chi connectivity index (χ3v) is 3.88. The molecule has 140 valence electrons. The van der Waals surface area contributed by atoms with Crippen LogP contribution < -0.4 is 5.32 Å². The molecule has 0 saturated carbocycles. The summed E-state index contributed by atoms with van der Waals surface area (Å²) < 4.78 is 23.7. The van der Waals surface area contributed by atoms with Crippen molar-refractivity contribution in [3.8, 4) is 11.4 Å². The van der Waals surface area contributed by atoms with Crippen LogP contribution in [-0.4, -0.2) is 22.7 Å². The van der Waals surface area contributed by atoms with Crippen LogP contribution in [0.4, 0.5) is 4.39 Å². The van der Waals surface area contributed by atoms with E-state index in [1.807, 2.05) is 30.3 Å². The highest BCUT2D eigenvalue weighted by Gasteiger charge is 2.17. The van der Waals surface area contributed by atoms with Gasteiger partial charge in [-0.3, -0.25) is 4.79 Å². The highest BCUT2D eigenvalue weighted by molar-refractivity contribution is 5.76. The summed E-state index contributed by atoms with van der Waals surface area (Å²) in [4.78, 5) is 16.3. The van der Waals surface area contributed by atoms with Crippen LogP contribution in [-0.2, 0) is 16.1 Å². The van der Waals surface area contributed by atoms with E-state index in [2.05, 4.69) is 15.5 Å². The summed E-state index contributed by atoms with van der Waals surface area (Å²) in [6.45, 7) is 2.54. The first-order valence-electron chi connectivity index (χ1n) is 8.62. The van der Waals surface area contributed by atoms with Crippen LogP contribution in [0.25, 0.3) is 11.4 Å². The standard InChI is InChI=1S/C20H20FN3O3/c1-14(20-23-19(24-27-20)16-7-9-17(21)10-8-16)22-18(25)11-12-26-13-15-5-3-2-4-6-15/h2-10,14H,11-13H2,1H3,(H,22,25)/t14-/m1/s1. The summed E-state index contributed by atoms with van der Waals surface area (Å²) in [6, 6.07) is 15.1. The lowest BCUT2D eigenvalue weighted by atomic mass is 10.2. The van der Waals surface area contributed by atoms with Gasteiger partial charge in [0.2, 0.25) is 17.6 Å². The number of carbonyl (C=O) groups excluding carboxylic acids is 1. The minimum Gasteiger partial charge on any atom is -0.376 e. The Labute approximate surface area is 156 Å². The molecule has 0 saturated heterocycles. The van der Waals surface area contributed by atoms with E-state index in [9.17, 15) is 9.18 Å². The molecule has 2 aromatic carbocycles. The Morgan fingerprint density at radius 3 is 2.67 bits per heavy atom. The average Bonchev–Trinajstić information content (AvgIpc) is 3.17. The minimum atomic E-state index is -0.437. The maximum absolute atomic E-state index is 13.0. The maximum Gasteiger partial charge on any atom is 0.249 e. The summed E-state index contributed by atoms with van der Waals surface area (Å²) in [5.41, 5.74) is 1.70. The number of hydrogen-bond acceptors (Lipinski definition) is 5. The number of aromatic nitrogens is 2. The molecule has 1 atom stereocenters. The summed E-state index contributed by atoms with van der Waals surface area (Å²) >= 11 is 0. The van der Waals surface area contributed by atoms with Crippen LogP contribution >= 0.6 is 0 Å². The smallest absolute Gasteiger partial charge is 0.249 e. The van der Waals surface area contributed by atoms with Gasteiger partial charge < -0.3 is 14.6 Å². The third-order valence-electron chi connectivity index (χ3n) is 3.88. The van der Waals surface area contributed by atoms with Crippen molar-refractivity contribution in [3.05, 3.63) is 71.9 Å². The number of halogens is 1. The van der Waals surface area contributed by atoms with Crippen molar-refractivity contribution in [3.63, 3.8) is 0 Å². The second-order valence-corrected chi connectivity index (χ2v) is 6.04. The van der Waals surface area contributed by atoms with Crippen molar-refractivity contribution < 1.29 is 18.4 Å². The Morgan fingerprint density at radius 1 is 1.19 bits per heavy atom. The number of nitrogens with zero attached hydrogens (tertiary/aromatic N) is 2. The Morgan fingerprint density at radius 2 is 1.93 bits per heavy atom. The van der Waals surface area contributed by atoms with Crippen molar-refractivity contribution in [2.24, 2.45) is 0 Å². The Kier molecular flexibility index (Phi) is 6.27. The molecule has 3 rings (SSSR count). The predicted molar refractivity (Wildman–Crippen MR) is 97.0 cm³/mol. The van der Waals surface area contributed by atoms with Crippen LogP contribution in [0.1, 0.15) is 30.8 Å². The lowest BCUT2D eigenvalue weighted by Crippen LogP contribution is -2.27. The van der Waals surface area contributed by atoms with Gasteiger partial charge >= 0.3 is 0 Å². The highest BCUT2D eigenvalue weighted by Crippen LogP contribution is 2.19. The van der Waals surface area contributed by atoms with E-state index in [-0.39, 0.29) is 24.0 Å². The molecule has 0 bridgehead atoms. The summed E-state index contributed by atoms with van der Waals surface area (Å²) in [6.07, 6.45) is 0.232. The third kappa shape index (κ3) is 5.46. The topological polar surface area (TPSA) is 77.2 Å². The van der Waals surface area contributed by atoms with Gasteiger partial charge in [0.25, 0.3) is 0 Å². The highest BCUT2D eigenvalue weighted by atomic mass is 19.1. The Hall–Kier alpha value is -3.06. The molecule has 27 heavy (non-hydrogen) atoms. The molecule has 0 unspecified atom stereocenters. The molecule has 6 nitrogen and oxygen atoms in total. The van der Waals surface area contributed by atoms with E-state index < -0.39 is 6.04 Å². The van der Waals surface area contributed by atoms with Gasteiger partial charge in [0.05, 0.1) is 13.2 Å². The summed E-state index contributed by atoms with van der Waals surface area (Å²) in [7, 11) is 0. The van der Waals surface area contributed by atoms with Crippen LogP contribution in [0.5, 0.6) is 0 Å². The number of rotatable bonds is 8. The molecule has 3 aromatic rings. The van der Waals surface area contributed by atoms with Gasteiger partial charge in [0.1, 0.15) is 11.9 Å². The van der Waals surface area contributed by atoms with Crippen molar-refractivity contribution in [2.45, 2.75) is 26.0 Å². The molecule has 0 radical (unpaired) electrons. The molecule has 7 heteroatoms. The zero-order valence-corrected chi connectivity index (χ0v) is 14.9. The van der Waals surface area contributed by atoms with E-state index in [4.69, 9.17) is 9.26 Å². The van der Waals surface area contributed by atoms with E-state index in [1.165, 1.54) is 12.1 Å². The number of nitrogens with one attached hydrogen (secondary N) is 1. The number of amides is 1. The van der Waals surface area contributed by atoms with E-state index >= 15 is 0 Å². The number of carbonyl (C=O) groups is 1.